The predicted molar refractivity (Wildman–Crippen MR) is 299 cm³/mol. The summed E-state index contributed by atoms with van der Waals surface area (Å²) in [6.45, 7) is 4.35. The van der Waals surface area contributed by atoms with Crippen LogP contribution in [0.4, 0.5) is 0 Å². The van der Waals surface area contributed by atoms with Crippen molar-refractivity contribution in [2.75, 3.05) is 6.61 Å². The number of rotatable bonds is 58. The molecule has 0 aromatic carbocycles. The molecule has 67 heavy (non-hydrogen) atoms. The number of nitrogens with one attached hydrogen (secondary N) is 1. The van der Waals surface area contributed by atoms with Gasteiger partial charge in [0.1, 0.15) is 0 Å². The van der Waals surface area contributed by atoms with Crippen LogP contribution in [0.25, 0.3) is 0 Å². The molecule has 0 aliphatic carbocycles. The monoisotopic (exact) mass is 942 g/mol. The average molecular weight is 943 g/mol. The second-order valence-electron chi connectivity index (χ2n) is 21.5. The molecule has 4 heteroatoms. The van der Waals surface area contributed by atoms with Crippen molar-refractivity contribution in [3.8, 4) is 0 Å². The van der Waals surface area contributed by atoms with Gasteiger partial charge >= 0.3 is 0 Å². The average Bonchev–Trinajstić information content (AvgIpc) is 3.33. The zero-order valence-corrected chi connectivity index (χ0v) is 46.0. The third-order valence-corrected chi connectivity index (χ3v) is 14.7. The molecule has 0 aromatic heterocycles. The summed E-state index contributed by atoms with van der Waals surface area (Å²) < 4.78 is 0. The molecule has 2 unspecified atom stereocenters. The molecule has 0 radical (unpaired) electrons. The highest BCUT2D eigenvalue weighted by Crippen LogP contribution is 2.18. The number of aliphatic hydroxyl groups excluding tert-OH is 2. The van der Waals surface area contributed by atoms with Crippen molar-refractivity contribution in [1.82, 2.24) is 5.32 Å². The summed E-state index contributed by atoms with van der Waals surface area (Å²) in [5, 5.41) is 23.2. The fraction of sp³-hybridized carbons (Fsp3) is 0.921. The van der Waals surface area contributed by atoms with Crippen LogP contribution in [0.1, 0.15) is 354 Å². The van der Waals surface area contributed by atoms with E-state index in [1.807, 2.05) is 6.08 Å². The Kier molecular flexibility index (Phi) is 58.2. The minimum absolute atomic E-state index is 0.0656. The number of hydrogen-bond acceptors (Lipinski definition) is 3. The Labute approximate surface area is 421 Å². The third-order valence-electron chi connectivity index (χ3n) is 14.7. The summed E-state index contributed by atoms with van der Waals surface area (Å²) in [6, 6.07) is -0.637. The highest BCUT2D eigenvalue weighted by Gasteiger charge is 2.18. The molecule has 0 spiro atoms. The van der Waals surface area contributed by atoms with E-state index in [1.165, 1.54) is 302 Å². The van der Waals surface area contributed by atoms with E-state index in [0.717, 1.165) is 32.1 Å². The van der Waals surface area contributed by atoms with Gasteiger partial charge in [-0.05, 0) is 32.1 Å². The number of amides is 1. The van der Waals surface area contributed by atoms with Crippen LogP contribution < -0.4 is 5.32 Å². The summed E-state index contributed by atoms with van der Waals surface area (Å²) in [5.41, 5.74) is 0. The molecule has 0 fully saturated rings. The second kappa shape index (κ2) is 59.2. The Hall–Kier alpha value is -1.13. The standard InChI is InChI=1S/C63H123NO3/c1-3-5-7-9-11-13-15-17-19-21-23-25-27-29-30-31-32-33-34-35-36-38-40-42-44-46-48-50-52-54-56-58-62(66)61(60-65)64-63(67)59-57-55-53-51-49-47-45-43-41-39-37-28-26-24-22-20-18-16-14-12-10-8-6-4-2/h48,50,56,58,61-62,65-66H,3-47,49,51-55,57,59-60H2,1-2H3,(H,64,67)/b50-48+,58-56+. The molecule has 3 N–H and O–H groups in total. The van der Waals surface area contributed by atoms with Crippen LogP contribution in [0.2, 0.25) is 0 Å². The SMILES string of the molecule is CCCCCCCCCCCCCCCCCCCCCCCCCCC/C=C/CC/C=C/C(O)C(CO)NC(=O)CCCCCCCCCCCCCCCCCCCCCCCCCC. The molecule has 0 aromatic rings. The van der Waals surface area contributed by atoms with Crippen LogP contribution in [0.15, 0.2) is 24.3 Å². The zero-order chi connectivity index (χ0) is 48.5. The minimum atomic E-state index is -0.860. The summed E-state index contributed by atoms with van der Waals surface area (Å²) in [7, 11) is 0. The van der Waals surface area contributed by atoms with E-state index < -0.39 is 12.1 Å². The smallest absolute Gasteiger partial charge is 0.220 e. The lowest BCUT2D eigenvalue weighted by Gasteiger charge is -2.19. The molecule has 398 valence electrons. The number of carbonyl (C=O) groups is 1. The Balaban J connectivity index is 3.46. The van der Waals surface area contributed by atoms with Crippen LogP contribution in [-0.2, 0) is 4.79 Å². The molecule has 0 saturated carbocycles. The number of allylic oxidation sites excluding steroid dienone is 3. The van der Waals surface area contributed by atoms with E-state index >= 15 is 0 Å². The van der Waals surface area contributed by atoms with Gasteiger partial charge in [0.15, 0.2) is 0 Å². The molecule has 0 aliphatic rings. The molecular weight excluding hydrogens is 819 g/mol. The van der Waals surface area contributed by atoms with E-state index in [9.17, 15) is 15.0 Å². The number of hydrogen-bond donors (Lipinski definition) is 3. The largest absolute Gasteiger partial charge is 0.394 e. The van der Waals surface area contributed by atoms with E-state index in [4.69, 9.17) is 0 Å². The van der Waals surface area contributed by atoms with Crippen molar-refractivity contribution in [2.24, 2.45) is 0 Å². The highest BCUT2D eigenvalue weighted by molar-refractivity contribution is 5.76. The first-order valence-electron chi connectivity index (χ1n) is 31.1. The summed E-state index contributed by atoms with van der Waals surface area (Å²) in [5.74, 6) is -0.0656. The van der Waals surface area contributed by atoms with Crippen LogP contribution in [0.3, 0.4) is 0 Å². The van der Waals surface area contributed by atoms with E-state index in [0.29, 0.717) is 6.42 Å². The Morgan fingerprint density at radius 3 is 0.866 bits per heavy atom. The fourth-order valence-corrected chi connectivity index (χ4v) is 9.97. The first kappa shape index (κ1) is 65.9. The minimum Gasteiger partial charge on any atom is -0.394 e. The molecule has 1 amide bonds. The van der Waals surface area contributed by atoms with Gasteiger partial charge in [0.2, 0.25) is 5.91 Å². The van der Waals surface area contributed by atoms with Gasteiger partial charge in [0, 0.05) is 6.42 Å². The number of carbonyl (C=O) groups excluding carboxylic acids is 1. The Bertz CT molecular complexity index is 978. The van der Waals surface area contributed by atoms with Gasteiger partial charge in [-0.15, -0.1) is 0 Å². The lowest BCUT2D eigenvalue weighted by molar-refractivity contribution is -0.123. The number of unbranched alkanes of at least 4 members (excludes halogenated alkanes) is 49. The lowest BCUT2D eigenvalue weighted by atomic mass is 10.0. The van der Waals surface area contributed by atoms with Gasteiger partial charge in [-0.2, -0.15) is 0 Å². The molecule has 0 aliphatic heterocycles. The first-order valence-corrected chi connectivity index (χ1v) is 31.1. The Morgan fingerprint density at radius 1 is 0.343 bits per heavy atom. The molecule has 4 nitrogen and oxygen atoms in total. The van der Waals surface area contributed by atoms with Gasteiger partial charge in [-0.25, -0.2) is 0 Å². The summed E-state index contributed by atoms with van der Waals surface area (Å²) >= 11 is 0. The molecule has 0 rings (SSSR count). The third kappa shape index (κ3) is 55.7. The first-order chi connectivity index (χ1) is 33.2. The molecule has 0 saturated heterocycles. The highest BCUT2D eigenvalue weighted by atomic mass is 16.3. The van der Waals surface area contributed by atoms with Crippen LogP contribution >= 0.6 is 0 Å². The molecule has 2 atom stereocenters. The van der Waals surface area contributed by atoms with E-state index in [-0.39, 0.29) is 12.5 Å². The quantitative estimate of drug-likeness (QED) is 0.0420. The topological polar surface area (TPSA) is 69.6 Å². The van der Waals surface area contributed by atoms with Gasteiger partial charge in [0.05, 0.1) is 18.8 Å². The normalized spacial score (nSPS) is 12.8. The van der Waals surface area contributed by atoms with E-state index in [1.54, 1.807) is 6.08 Å². The van der Waals surface area contributed by atoms with Crippen LogP contribution in [0, 0.1) is 0 Å². The summed E-state index contributed by atoms with van der Waals surface area (Å²) in [4.78, 5) is 12.5. The predicted octanol–water partition coefficient (Wildman–Crippen LogP) is 20.7. The zero-order valence-electron chi connectivity index (χ0n) is 46.0. The van der Waals surface area contributed by atoms with Gasteiger partial charge in [0.25, 0.3) is 0 Å². The van der Waals surface area contributed by atoms with Crippen molar-refractivity contribution < 1.29 is 15.0 Å². The molecular formula is C63H123NO3. The second-order valence-corrected chi connectivity index (χ2v) is 21.5. The van der Waals surface area contributed by atoms with Crippen LogP contribution in [-0.4, -0.2) is 34.9 Å². The fourth-order valence-electron chi connectivity index (χ4n) is 9.97. The maximum atomic E-state index is 12.5. The van der Waals surface area contributed by atoms with Crippen molar-refractivity contribution in [1.29, 1.82) is 0 Å². The van der Waals surface area contributed by atoms with Crippen LogP contribution in [0.5, 0.6) is 0 Å². The van der Waals surface area contributed by atoms with Gasteiger partial charge in [-0.3, -0.25) is 4.79 Å². The molecule has 0 heterocycles. The van der Waals surface area contributed by atoms with Crippen molar-refractivity contribution >= 4 is 5.91 Å². The number of aliphatic hydroxyl groups is 2. The van der Waals surface area contributed by atoms with Crippen molar-refractivity contribution in [2.45, 2.75) is 366 Å². The molecule has 0 bridgehead atoms. The Morgan fingerprint density at radius 2 is 0.582 bits per heavy atom. The van der Waals surface area contributed by atoms with Gasteiger partial charge < -0.3 is 15.5 Å². The summed E-state index contributed by atoms with van der Waals surface area (Å²) in [6.07, 6.45) is 79.5. The lowest BCUT2D eigenvalue weighted by Crippen LogP contribution is -2.45. The maximum absolute atomic E-state index is 12.5. The van der Waals surface area contributed by atoms with Crippen molar-refractivity contribution in [3.05, 3.63) is 24.3 Å². The van der Waals surface area contributed by atoms with E-state index in [2.05, 4.69) is 31.3 Å². The maximum Gasteiger partial charge on any atom is 0.220 e. The van der Waals surface area contributed by atoms with Crippen molar-refractivity contribution in [3.63, 3.8) is 0 Å². The van der Waals surface area contributed by atoms with Gasteiger partial charge in [-0.1, -0.05) is 340 Å².